The largest absolute Gasteiger partial charge is 0.485 e. The fraction of sp³-hybridized carbons (Fsp3) is 0.267. The first-order valence-electron chi connectivity index (χ1n) is 6.60. The number of H-pyrrole nitrogens is 1. The maximum absolute atomic E-state index is 11.5. The van der Waals surface area contributed by atoms with E-state index in [1.54, 1.807) is 0 Å². The number of benzene rings is 1. The summed E-state index contributed by atoms with van der Waals surface area (Å²) in [6, 6.07) is 8.78. The molecule has 0 aliphatic heterocycles. The van der Waals surface area contributed by atoms with Crippen LogP contribution in [0.4, 0.5) is 0 Å². The number of nitrogens with one attached hydrogen (secondary N) is 1. The Morgan fingerprint density at radius 3 is 2.86 bits per heavy atom. The zero-order chi connectivity index (χ0) is 15.2. The number of aromatic nitrogens is 2. The lowest BCUT2D eigenvalue weighted by Crippen LogP contribution is -2.16. The first kappa shape index (κ1) is 14.8. The van der Waals surface area contributed by atoms with E-state index in [1.807, 2.05) is 31.2 Å². The second-order valence-corrected chi connectivity index (χ2v) is 4.50. The van der Waals surface area contributed by atoms with Gasteiger partial charge in [0.05, 0.1) is 12.1 Å². The predicted octanol–water partition coefficient (Wildman–Crippen LogP) is 1.54. The van der Waals surface area contributed by atoms with Crippen molar-refractivity contribution < 1.29 is 14.6 Å². The Hall–Kier alpha value is -2.63. The van der Waals surface area contributed by atoms with E-state index in [4.69, 9.17) is 9.84 Å². The molecule has 2 rings (SSSR count). The normalized spacial score (nSPS) is 10.3. The molecule has 0 fully saturated rings. The predicted molar refractivity (Wildman–Crippen MR) is 76.3 cm³/mol. The minimum absolute atomic E-state index is 0.0830. The monoisotopic (exact) mass is 288 g/mol. The second kappa shape index (κ2) is 6.69. The summed E-state index contributed by atoms with van der Waals surface area (Å²) in [5.74, 6) is 0.00670. The first-order chi connectivity index (χ1) is 10.1. The maximum Gasteiger partial charge on any atom is 0.309 e. The Balaban J connectivity index is 2.14. The van der Waals surface area contributed by atoms with Crippen molar-refractivity contribution in [3.05, 3.63) is 57.8 Å². The van der Waals surface area contributed by atoms with Gasteiger partial charge in [-0.15, -0.1) is 0 Å². The third-order valence-electron chi connectivity index (χ3n) is 2.89. The summed E-state index contributed by atoms with van der Waals surface area (Å²) in [5, 5.41) is 8.74. The van der Waals surface area contributed by atoms with Crippen molar-refractivity contribution in [2.45, 2.75) is 26.4 Å². The lowest BCUT2D eigenvalue weighted by atomic mass is 10.1. The van der Waals surface area contributed by atoms with Crippen molar-refractivity contribution >= 4 is 5.97 Å². The van der Waals surface area contributed by atoms with Crippen LogP contribution in [0, 0.1) is 0 Å². The fourth-order valence-electron chi connectivity index (χ4n) is 1.96. The van der Waals surface area contributed by atoms with Crippen LogP contribution in [-0.4, -0.2) is 21.0 Å². The molecule has 0 aliphatic carbocycles. The van der Waals surface area contributed by atoms with Gasteiger partial charge in [0.1, 0.15) is 18.2 Å². The molecular weight excluding hydrogens is 272 g/mol. The SMILES string of the molecule is CCc1ccccc1OCc1nc(CC(=O)O)cc(=O)[nH]1. The van der Waals surface area contributed by atoms with Crippen LogP contribution in [0.2, 0.25) is 0 Å². The smallest absolute Gasteiger partial charge is 0.309 e. The van der Waals surface area contributed by atoms with Crippen LogP contribution in [0.3, 0.4) is 0 Å². The topological polar surface area (TPSA) is 92.3 Å². The van der Waals surface area contributed by atoms with E-state index in [9.17, 15) is 9.59 Å². The molecule has 0 saturated heterocycles. The van der Waals surface area contributed by atoms with Crippen molar-refractivity contribution in [1.29, 1.82) is 0 Å². The highest BCUT2D eigenvalue weighted by molar-refractivity contribution is 5.69. The molecule has 0 unspecified atom stereocenters. The van der Waals surface area contributed by atoms with Gasteiger partial charge >= 0.3 is 5.97 Å². The summed E-state index contributed by atoms with van der Waals surface area (Å²) >= 11 is 0. The molecule has 110 valence electrons. The molecule has 21 heavy (non-hydrogen) atoms. The summed E-state index contributed by atoms with van der Waals surface area (Å²) in [6.45, 7) is 2.11. The van der Waals surface area contributed by atoms with Crippen LogP contribution in [0.15, 0.2) is 35.1 Å². The molecule has 2 N–H and O–H groups in total. The van der Waals surface area contributed by atoms with Gasteiger partial charge in [-0.2, -0.15) is 0 Å². The number of hydrogen-bond donors (Lipinski definition) is 2. The van der Waals surface area contributed by atoms with Crippen LogP contribution in [-0.2, 0) is 24.2 Å². The number of hydrogen-bond acceptors (Lipinski definition) is 4. The second-order valence-electron chi connectivity index (χ2n) is 4.50. The minimum Gasteiger partial charge on any atom is -0.485 e. The minimum atomic E-state index is -1.03. The highest BCUT2D eigenvalue weighted by Crippen LogP contribution is 2.18. The Bertz CT molecular complexity index is 694. The number of aliphatic carboxylic acids is 1. The van der Waals surface area contributed by atoms with E-state index in [0.717, 1.165) is 17.7 Å². The molecule has 6 heteroatoms. The van der Waals surface area contributed by atoms with Crippen LogP contribution in [0.5, 0.6) is 5.75 Å². The average molecular weight is 288 g/mol. The van der Waals surface area contributed by atoms with E-state index >= 15 is 0 Å². The van der Waals surface area contributed by atoms with Crippen molar-refractivity contribution in [3.63, 3.8) is 0 Å². The molecule has 6 nitrogen and oxygen atoms in total. The molecule has 0 bridgehead atoms. The van der Waals surface area contributed by atoms with E-state index in [0.29, 0.717) is 5.82 Å². The lowest BCUT2D eigenvalue weighted by molar-refractivity contribution is -0.136. The highest BCUT2D eigenvalue weighted by atomic mass is 16.5. The first-order valence-corrected chi connectivity index (χ1v) is 6.60. The lowest BCUT2D eigenvalue weighted by Gasteiger charge is -2.10. The van der Waals surface area contributed by atoms with Crippen molar-refractivity contribution in [3.8, 4) is 5.75 Å². The molecule has 2 aromatic rings. The summed E-state index contributed by atoms with van der Waals surface area (Å²) < 4.78 is 5.65. The van der Waals surface area contributed by atoms with Crippen LogP contribution < -0.4 is 10.3 Å². The fourth-order valence-corrected chi connectivity index (χ4v) is 1.96. The summed E-state index contributed by atoms with van der Waals surface area (Å²) in [4.78, 5) is 28.8. The van der Waals surface area contributed by atoms with Crippen molar-refractivity contribution in [2.24, 2.45) is 0 Å². The van der Waals surface area contributed by atoms with Crippen molar-refractivity contribution in [1.82, 2.24) is 9.97 Å². The molecule has 1 heterocycles. The van der Waals surface area contributed by atoms with Gasteiger partial charge in [0, 0.05) is 6.07 Å². The number of carboxylic acids is 1. The average Bonchev–Trinajstić information content (AvgIpc) is 2.44. The Morgan fingerprint density at radius 2 is 2.14 bits per heavy atom. The molecule has 0 amide bonds. The van der Waals surface area contributed by atoms with Crippen molar-refractivity contribution in [2.75, 3.05) is 0 Å². The molecule has 0 atom stereocenters. The van der Waals surface area contributed by atoms with E-state index in [-0.39, 0.29) is 24.3 Å². The number of carbonyl (C=O) groups is 1. The van der Waals surface area contributed by atoms with Crippen LogP contribution in [0.25, 0.3) is 0 Å². The standard InChI is InChI=1S/C15H16N2O4/c1-2-10-5-3-4-6-12(10)21-9-13-16-11(8-15(19)20)7-14(18)17-13/h3-7H,2,8-9H2,1H3,(H,19,20)(H,16,17,18). The summed E-state index contributed by atoms with van der Waals surface area (Å²) in [5.41, 5.74) is 0.888. The Kier molecular flexibility index (Phi) is 4.71. The van der Waals surface area contributed by atoms with Gasteiger partial charge in [0.25, 0.3) is 5.56 Å². The molecule has 0 spiro atoms. The third-order valence-corrected chi connectivity index (χ3v) is 2.89. The van der Waals surface area contributed by atoms with E-state index in [1.165, 1.54) is 6.07 Å². The quantitative estimate of drug-likeness (QED) is 0.841. The Labute approximate surface area is 121 Å². The van der Waals surface area contributed by atoms with E-state index in [2.05, 4.69) is 9.97 Å². The van der Waals surface area contributed by atoms with Gasteiger partial charge in [-0.25, -0.2) is 4.98 Å². The third kappa shape index (κ3) is 4.17. The van der Waals surface area contributed by atoms with Crippen LogP contribution in [0.1, 0.15) is 24.0 Å². The summed E-state index contributed by atoms with van der Waals surface area (Å²) in [6.07, 6.45) is 0.543. The highest BCUT2D eigenvalue weighted by Gasteiger charge is 2.07. The molecule has 0 saturated carbocycles. The van der Waals surface area contributed by atoms with Gasteiger partial charge < -0.3 is 14.8 Å². The number of para-hydroxylation sites is 1. The molecule has 1 aromatic carbocycles. The number of carboxylic acid groups (broad SMARTS) is 1. The number of rotatable bonds is 6. The molecular formula is C15H16N2O4. The van der Waals surface area contributed by atoms with E-state index < -0.39 is 5.97 Å². The zero-order valence-corrected chi connectivity index (χ0v) is 11.6. The van der Waals surface area contributed by atoms with Crippen LogP contribution >= 0.6 is 0 Å². The zero-order valence-electron chi connectivity index (χ0n) is 11.6. The number of aromatic amines is 1. The summed E-state index contributed by atoms with van der Waals surface area (Å²) in [7, 11) is 0. The molecule has 0 radical (unpaired) electrons. The number of nitrogens with zero attached hydrogens (tertiary/aromatic N) is 1. The van der Waals surface area contributed by atoms with Gasteiger partial charge in [0.15, 0.2) is 0 Å². The van der Waals surface area contributed by atoms with Gasteiger partial charge in [0.2, 0.25) is 0 Å². The number of aryl methyl sites for hydroxylation is 1. The Morgan fingerprint density at radius 1 is 1.38 bits per heavy atom. The molecule has 0 aliphatic rings. The molecule has 1 aromatic heterocycles. The van der Waals surface area contributed by atoms with Gasteiger partial charge in [-0.3, -0.25) is 9.59 Å². The number of ether oxygens (including phenoxy) is 1. The van der Waals surface area contributed by atoms with Gasteiger partial charge in [-0.05, 0) is 18.1 Å². The maximum atomic E-state index is 11.5. The van der Waals surface area contributed by atoms with Gasteiger partial charge in [-0.1, -0.05) is 25.1 Å².